The highest BCUT2D eigenvalue weighted by Gasteiger charge is 2.24. The molecule has 1 aliphatic rings. The number of aromatic nitrogens is 4. The van der Waals surface area contributed by atoms with E-state index in [2.05, 4.69) is 56.8 Å². The van der Waals surface area contributed by atoms with Crippen LogP contribution < -0.4 is 10.6 Å². The van der Waals surface area contributed by atoms with E-state index in [1.165, 1.54) is 29.1 Å². The molecule has 36 heavy (non-hydrogen) atoms. The second-order valence-corrected chi connectivity index (χ2v) is 8.89. The first-order valence-corrected chi connectivity index (χ1v) is 12.2. The van der Waals surface area contributed by atoms with Crippen LogP contribution in [0.4, 0.5) is 5.69 Å². The van der Waals surface area contributed by atoms with Crippen LogP contribution in [-0.2, 0) is 13.0 Å². The van der Waals surface area contributed by atoms with Crippen molar-refractivity contribution >= 4 is 17.5 Å². The van der Waals surface area contributed by atoms with Gasteiger partial charge in [0.25, 0.3) is 11.8 Å². The molecule has 2 aromatic carbocycles. The van der Waals surface area contributed by atoms with Crippen LogP contribution in [0.2, 0.25) is 0 Å². The fourth-order valence-electron chi connectivity index (χ4n) is 4.75. The van der Waals surface area contributed by atoms with Crippen LogP contribution in [-0.4, -0.2) is 37.9 Å². The third kappa shape index (κ3) is 4.88. The Balaban J connectivity index is 1.30. The van der Waals surface area contributed by atoms with Gasteiger partial charge in [-0.1, -0.05) is 37.3 Å². The van der Waals surface area contributed by atoms with Crippen LogP contribution in [0.5, 0.6) is 0 Å². The van der Waals surface area contributed by atoms with Crippen LogP contribution in [0.25, 0.3) is 11.1 Å². The van der Waals surface area contributed by atoms with Gasteiger partial charge in [-0.2, -0.15) is 0 Å². The lowest BCUT2D eigenvalue weighted by molar-refractivity contribution is 0.0932. The van der Waals surface area contributed by atoms with E-state index in [-0.39, 0.29) is 11.4 Å². The van der Waals surface area contributed by atoms with Gasteiger partial charge < -0.3 is 15.2 Å². The monoisotopic (exact) mass is 480 g/mol. The molecule has 2 N–H and O–H groups in total. The predicted molar refractivity (Wildman–Crippen MR) is 138 cm³/mol. The Morgan fingerprint density at radius 2 is 1.81 bits per heavy atom. The highest BCUT2D eigenvalue weighted by molar-refractivity contribution is 6.10. The molecule has 1 atom stereocenters. The summed E-state index contributed by atoms with van der Waals surface area (Å²) in [6.07, 6.45) is 10.9. The highest BCUT2D eigenvalue weighted by Crippen LogP contribution is 2.41. The number of carbonyl (C=O) groups excluding carboxylic acids is 2. The molecular weight excluding hydrogens is 452 g/mol. The van der Waals surface area contributed by atoms with Crippen molar-refractivity contribution in [1.29, 1.82) is 0 Å². The highest BCUT2D eigenvalue weighted by atomic mass is 16.2. The molecule has 1 unspecified atom stereocenters. The van der Waals surface area contributed by atoms with Crippen LogP contribution in [0.3, 0.4) is 0 Å². The smallest absolute Gasteiger partial charge is 0.276 e. The summed E-state index contributed by atoms with van der Waals surface area (Å²) >= 11 is 0. The molecule has 0 radical (unpaired) electrons. The van der Waals surface area contributed by atoms with E-state index in [0.717, 1.165) is 31.4 Å². The number of carbonyl (C=O) groups is 2. The molecule has 182 valence electrons. The second kappa shape index (κ2) is 10.5. The van der Waals surface area contributed by atoms with E-state index in [0.29, 0.717) is 18.2 Å². The van der Waals surface area contributed by atoms with E-state index < -0.39 is 11.8 Å². The summed E-state index contributed by atoms with van der Waals surface area (Å²) in [5.41, 5.74) is 5.60. The van der Waals surface area contributed by atoms with E-state index >= 15 is 0 Å². The Labute approximate surface area is 209 Å². The SMILES string of the molecule is CCC1Cc2ccc(NC(=O)c3nccnc3C(=O)NCCCn3ccnc3)cc2-c2ccccc21. The van der Waals surface area contributed by atoms with Gasteiger partial charge in [0.15, 0.2) is 11.4 Å². The summed E-state index contributed by atoms with van der Waals surface area (Å²) in [5, 5.41) is 5.74. The molecular formula is C28H28N6O2. The molecule has 0 saturated heterocycles. The van der Waals surface area contributed by atoms with E-state index in [1.807, 2.05) is 29.0 Å². The van der Waals surface area contributed by atoms with Crippen LogP contribution in [0.15, 0.2) is 73.6 Å². The molecule has 5 rings (SSSR count). The molecule has 8 nitrogen and oxygen atoms in total. The normalized spacial score (nSPS) is 14.0. The van der Waals surface area contributed by atoms with Gasteiger partial charge in [0.1, 0.15) is 0 Å². The Bertz CT molecular complexity index is 1380. The largest absolute Gasteiger partial charge is 0.351 e. The maximum Gasteiger partial charge on any atom is 0.276 e. The molecule has 1 aliphatic carbocycles. The number of nitrogens with one attached hydrogen (secondary N) is 2. The number of aryl methyl sites for hydroxylation is 1. The number of amides is 2. The van der Waals surface area contributed by atoms with Gasteiger partial charge in [0.05, 0.1) is 6.33 Å². The average Bonchev–Trinajstić information content (AvgIpc) is 3.44. The number of nitrogens with zero attached hydrogens (tertiary/aromatic N) is 4. The Hall–Kier alpha value is -4.33. The van der Waals surface area contributed by atoms with Crippen molar-refractivity contribution in [2.75, 3.05) is 11.9 Å². The number of benzene rings is 2. The zero-order valence-electron chi connectivity index (χ0n) is 20.1. The Morgan fingerprint density at radius 3 is 2.58 bits per heavy atom. The molecule has 0 aliphatic heterocycles. The lowest BCUT2D eigenvalue weighted by atomic mass is 9.77. The fraction of sp³-hybridized carbons (Fsp3) is 0.250. The summed E-state index contributed by atoms with van der Waals surface area (Å²) in [6.45, 7) is 3.39. The minimum atomic E-state index is -0.470. The Kier molecular flexibility index (Phi) is 6.84. The number of imidazole rings is 1. The standard InChI is InChI=1S/C28H28N6O2/c1-2-19-16-20-8-9-21(17-24(20)23-7-4-3-6-22(19)23)33-28(36)26-25(30-11-12-31-26)27(35)32-10-5-14-34-15-13-29-18-34/h3-4,6-9,11-13,15,17-19H,2,5,10,14,16H2,1H3,(H,32,35)(H,33,36). The van der Waals surface area contributed by atoms with Gasteiger partial charge in [-0.05, 0) is 59.6 Å². The lowest BCUT2D eigenvalue weighted by Crippen LogP contribution is -2.29. The van der Waals surface area contributed by atoms with E-state index in [4.69, 9.17) is 0 Å². The quantitative estimate of drug-likeness (QED) is 0.363. The summed E-state index contributed by atoms with van der Waals surface area (Å²) in [7, 11) is 0. The van der Waals surface area contributed by atoms with Crippen molar-refractivity contribution in [3.05, 3.63) is 96.1 Å². The van der Waals surface area contributed by atoms with E-state index in [9.17, 15) is 9.59 Å². The third-order valence-electron chi connectivity index (χ3n) is 6.58. The van der Waals surface area contributed by atoms with Crippen molar-refractivity contribution in [2.45, 2.75) is 38.6 Å². The zero-order valence-corrected chi connectivity index (χ0v) is 20.1. The van der Waals surface area contributed by atoms with Crippen LogP contribution in [0.1, 0.15) is 57.8 Å². The van der Waals surface area contributed by atoms with Crippen LogP contribution in [0, 0.1) is 0 Å². The van der Waals surface area contributed by atoms with Gasteiger partial charge in [-0.15, -0.1) is 0 Å². The topological polar surface area (TPSA) is 102 Å². The Morgan fingerprint density at radius 1 is 1.00 bits per heavy atom. The van der Waals surface area contributed by atoms with Crippen molar-refractivity contribution in [1.82, 2.24) is 24.8 Å². The number of hydrogen-bond donors (Lipinski definition) is 2. The third-order valence-corrected chi connectivity index (χ3v) is 6.58. The first-order chi connectivity index (χ1) is 17.6. The molecule has 2 heterocycles. The fourth-order valence-corrected chi connectivity index (χ4v) is 4.75. The molecule has 0 fully saturated rings. The summed E-state index contributed by atoms with van der Waals surface area (Å²) in [6, 6.07) is 14.4. The second-order valence-electron chi connectivity index (χ2n) is 8.89. The van der Waals surface area contributed by atoms with Gasteiger partial charge in [0.2, 0.25) is 0 Å². The van der Waals surface area contributed by atoms with Crippen molar-refractivity contribution in [2.24, 2.45) is 0 Å². The van der Waals surface area contributed by atoms with Gasteiger partial charge in [-0.3, -0.25) is 9.59 Å². The van der Waals surface area contributed by atoms with E-state index in [1.54, 1.807) is 12.5 Å². The molecule has 2 amide bonds. The molecule has 8 heteroatoms. The predicted octanol–water partition coefficient (Wildman–Crippen LogP) is 4.46. The molecule has 0 spiro atoms. The minimum absolute atomic E-state index is 0.00576. The molecule has 0 bridgehead atoms. The summed E-state index contributed by atoms with van der Waals surface area (Å²) in [4.78, 5) is 38.2. The zero-order chi connectivity index (χ0) is 24.9. The average molecular weight is 481 g/mol. The van der Waals surface area contributed by atoms with Crippen LogP contribution >= 0.6 is 0 Å². The maximum absolute atomic E-state index is 13.1. The number of anilines is 1. The lowest BCUT2D eigenvalue weighted by Gasteiger charge is -2.27. The molecule has 4 aromatic rings. The van der Waals surface area contributed by atoms with Gasteiger partial charge >= 0.3 is 0 Å². The number of fused-ring (bicyclic) bond motifs is 3. The molecule has 2 aromatic heterocycles. The maximum atomic E-state index is 13.1. The van der Waals surface area contributed by atoms with Crippen molar-refractivity contribution in [3.63, 3.8) is 0 Å². The van der Waals surface area contributed by atoms with Gasteiger partial charge in [0, 0.05) is 43.6 Å². The first kappa shape index (κ1) is 23.4. The van der Waals surface area contributed by atoms with Crippen molar-refractivity contribution < 1.29 is 9.59 Å². The van der Waals surface area contributed by atoms with Crippen molar-refractivity contribution in [3.8, 4) is 11.1 Å². The molecule has 0 saturated carbocycles. The summed E-state index contributed by atoms with van der Waals surface area (Å²) < 4.78 is 1.94. The number of rotatable bonds is 8. The summed E-state index contributed by atoms with van der Waals surface area (Å²) in [5.74, 6) is -0.402. The van der Waals surface area contributed by atoms with Gasteiger partial charge in [-0.25, -0.2) is 15.0 Å². The number of hydrogen-bond acceptors (Lipinski definition) is 5. The first-order valence-electron chi connectivity index (χ1n) is 12.2. The minimum Gasteiger partial charge on any atom is -0.351 e.